The first-order valence-electron chi connectivity index (χ1n) is 15.7. The van der Waals surface area contributed by atoms with Crippen LogP contribution in [-0.2, 0) is 28.7 Å². The molecule has 248 valence electrons. The van der Waals surface area contributed by atoms with Crippen molar-refractivity contribution in [2.45, 2.75) is 108 Å². The van der Waals surface area contributed by atoms with Crippen LogP contribution in [0.4, 0.5) is 5.13 Å². The summed E-state index contributed by atoms with van der Waals surface area (Å²) in [5, 5.41) is 15.9. The van der Waals surface area contributed by atoms with E-state index in [4.69, 9.17) is 15.2 Å². The van der Waals surface area contributed by atoms with Crippen molar-refractivity contribution in [3.8, 4) is 0 Å². The lowest BCUT2D eigenvalue weighted by atomic mass is 10.0. The molecule has 2 amide bonds. The molecule has 1 aromatic rings. The zero-order valence-corrected chi connectivity index (χ0v) is 27.6. The molecule has 45 heavy (non-hydrogen) atoms. The number of thioether (sulfide) groups is 1. The number of β-lactam (4-membered cyclic amide) rings is 1. The largest absolute Gasteiger partial charge is 0.428 e. The standard InChI is InChI=1S/C31H45N5O7S2/c1-3-5-6-7-8-9-10-11-12-13-14-15-16-17-23(37)42-20-43-30(40)26-21(4-2)18-44-29-25(28(39)36(26)29)34-27(38)24(35-41)22-19-45-31(32)33-22/h4,19,25,29,41H,2-3,5-18,20H2,1H3,(H2,32,33)(H,34,38)/b35-24-/t25?,29-/m1/s1. The topological polar surface area (TPSA) is 174 Å². The summed E-state index contributed by atoms with van der Waals surface area (Å²) < 4.78 is 10.3. The number of nitrogens with one attached hydrogen (secondary N) is 1. The quantitative estimate of drug-likeness (QED) is 0.0299. The summed E-state index contributed by atoms with van der Waals surface area (Å²) in [4.78, 5) is 56.0. The highest BCUT2D eigenvalue weighted by molar-refractivity contribution is 8.00. The highest BCUT2D eigenvalue weighted by atomic mass is 32.2. The molecule has 3 rings (SSSR count). The summed E-state index contributed by atoms with van der Waals surface area (Å²) in [5.41, 5.74) is 5.74. The highest BCUT2D eigenvalue weighted by Crippen LogP contribution is 2.41. The van der Waals surface area contributed by atoms with Crippen LogP contribution >= 0.6 is 23.1 Å². The molecule has 14 heteroatoms. The van der Waals surface area contributed by atoms with E-state index in [0.29, 0.717) is 17.7 Å². The minimum absolute atomic E-state index is 0.0138. The number of allylic oxidation sites excluding steroid dienone is 1. The van der Waals surface area contributed by atoms with Crippen molar-refractivity contribution in [1.29, 1.82) is 0 Å². The van der Waals surface area contributed by atoms with Gasteiger partial charge in [-0.25, -0.2) is 9.78 Å². The van der Waals surface area contributed by atoms with Crippen molar-refractivity contribution < 1.29 is 33.9 Å². The maximum Gasteiger partial charge on any atom is 0.358 e. The number of thiazole rings is 1. The molecule has 3 heterocycles. The molecule has 12 nitrogen and oxygen atoms in total. The van der Waals surface area contributed by atoms with Gasteiger partial charge in [0.05, 0.1) is 0 Å². The van der Waals surface area contributed by atoms with Gasteiger partial charge in [0.2, 0.25) is 6.79 Å². The number of nitrogen functional groups attached to an aromatic ring is 1. The third kappa shape index (κ3) is 10.6. The van der Waals surface area contributed by atoms with E-state index < -0.39 is 47.7 Å². The average molecular weight is 664 g/mol. The fourth-order valence-corrected chi connectivity index (χ4v) is 7.07. The monoisotopic (exact) mass is 663 g/mol. The van der Waals surface area contributed by atoms with Gasteiger partial charge >= 0.3 is 11.9 Å². The number of nitrogens with zero attached hydrogens (tertiary/aromatic N) is 3. The smallest absolute Gasteiger partial charge is 0.358 e. The van der Waals surface area contributed by atoms with Crippen molar-refractivity contribution >= 4 is 57.7 Å². The summed E-state index contributed by atoms with van der Waals surface area (Å²) in [6, 6.07) is -0.984. The molecule has 0 aliphatic carbocycles. The number of rotatable bonds is 21. The van der Waals surface area contributed by atoms with Crippen molar-refractivity contribution in [3.05, 3.63) is 35.0 Å². The first-order chi connectivity index (χ1) is 21.8. The molecule has 0 bridgehead atoms. The Morgan fingerprint density at radius 2 is 1.71 bits per heavy atom. The van der Waals surface area contributed by atoms with E-state index >= 15 is 0 Å². The van der Waals surface area contributed by atoms with E-state index in [1.54, 1.807) is 0 Å². The van der Waals surface area contributed by atoms with Crippen LogP contribution in [0.1, 0.15) is 103 Å². The molecule has 0 aromatic carbocycles. The number of amides is 2. The third-order valence-corrected chi connectivity index (χ3v) is 9.67. The number of nitrogens with two attached hydrogens (primary N) is 1. The fourth-order valence-electron chi connectivity index (χ4n) is 5.18. The van der Waals surface area contributed by atoms with E-state index in [1.807, 2.05) is 0 Å². The number of anilines is 1. The predicted molar refractivity (Wildman–Crippen MR) is 174 cm³/mol. The SMILES string of the molecule is C=CC1=C(C(=O)OCOC(=O)CCCCCCCCCCCCCCC)N2C(=O)C(NC(=O)/C(=N\O)c3csc(N)n3)[C@H]2SC1. The van der Waals surface area contributed by atoms with Gasteiger partial charge in [-0.1, -0.05) is 102 Å². The number of unbranched alkanes of at least 4 members (excludes halogenated alkanes) is 12. The van der Waals surface area contributed by atoms with Gasteiger partial charge in [-0.2, -0.15) is 0 Å². The van der Waals surface area contributed by atoms with Crippen LogP contribution in [0.3, 0.4) is 0 Å². The maximum atomic E-state index is 13.0. The Morgan fingerprint density at radius 1 is 1.09 bits per heavy atom. The minimum atomic E-state index is -0.984. The summed E-state index contributed by atoms with van der Waals surface area (Å²) in [5.74, 6) is -2.33. The zero-order chi connectivity index (χ0) is 32.6. The van der Waals surface area contributed by atoms with Crippen molar-refractivity contribution in [3.63, 3.8) is 0 Å². The Labute approximate surface area is 272 Å². The molecule has 2 aliphatic rings. The molecule has 0 saturated carbocycles. The van der Waals surface area contributed by atoms with E-state index in [2.05, 4.69) is 29.0 Å². The first-order valence-corrected chi connectivity index (χ1v) is 17.6. The van der Waals surface area contributed by atoms with Gasteiger partial charge in [0.1, 0.15) is 22.8 Å². The number of esters is 2. The second-order valence-corrected chi connectivity index (χ2v) is 13.0. The zero-order valence-electron chi connectivity index (χ0n) is 26.0. The number of aromatic nitrogens is 1. The summed E-state index contributed by atoms with van der Waals surface area (Å²) in [7, 11) is 0. The molecular formula is C31H45N5O7S2. The normalized spacial score (nSPS) is 17.8. The number of oxime groups is 1. The van der Waals surface area contributed by atoms with E-state index in [-0.39, 0.29) is 22.9 Å². The van der Waals surface area contributed by atoms with E-state index in [1.165, 1.54) is 92.3 Å². The lowest BCUT2D eigenvalue weighted by Crippen LogP contribution is -2.71. The molecule has 4 N–H and O–H groups in total. The van der Waals surface area contributed by atoms with Crippen LogP contribution < -0.4 is 11.1 Å². The second-order valence-electron chi connectivity index (χ2n) is 11.0. The van der Waals surface area contributed by atoms with Crippen molar-refractivity contribution in [1.82, 2.24) is 15.2 Å². The van der Waals surface area contributed by atoms with Crippen molar-refractivity contribution in [2.75, 3.05) is 18.3 Å². The van der Waals surface area contributed by atoms with Gasteiger partial charge in [0, 0.05) is 17.6 Å². The number of fused-ring (bicyclic) bond motifs is 1. The van der Waals surface area contributed by atoms with Gasteiger partial charge in [-0.05, 0) is 12.0 Å². The lowest BCUT2D eigenvalue weighted by molar-refractivity contribution is -0.168. The molecule has 1 unspecified atom stereocenters. The minimum Gasteiger partial charge on any atom is -0.428 e. The molecule has 2 atom stereocenters. The third-order valence-electron chi connectivity index (χ3n) is 7.70. The Morgan fingerprint density at radius 3 is 2.27 bits per heavy atom. The summed E-state index contributed by atoms with van der Waals surface area (Å²) in [6.07, 6.45) is 17.4. The Bertz CT molecular complexity index is 1250. The first kappa shape index (κ1) is 36.1. The van der Waals surface area contributed by atoms with E-state index in [0.717, 1.165) is 24.2 Å². The molecule has 2 aliphatic heterocycles. The van der Waals surface area contributed by atoms with Crippen molar-refractivity contribution in [2.24, 2.45) is 5.16 Å². The lowest BCUT2D eigenvalue weighted by Gasteiger charge is -2.49. The van der Waals surface area contributed by atoms with Crippen LogP contribution in [0.2, 0.25) is 0 Å². The molecule has 0 radical (unpaired) electrons. The fraction of sp³-hybridized carbons (Fsp3) is 0.613. The van der Waals surface area contributed by atoms with Crippen LogP contribution in [0.25, 0.3) is 0 Å². The Kier molecular flexibility index (Phi) is 15.4. The average Bonchev–Trinajstić information content (AvgIpc) is 3.46. The molecule has 1 fully saturated rings. The molecule has 1 aromatic heterocycles. The second kappa shape index (κ2) is 19.2. The predicted octanol–water partition coefficient (Wildman–Crippen LogP) is 5.27. The molecular weight excluding hydrogens is 619 g/mol. The number of hydrogen-bond donors (Lipinski definition) is 3. The summed E-state index contributed by atoms with van der Waals surface area (Å²) in [6.45, 7) is 5.39. The molecule has 1 saturated heterocycles. The van der Waals surface area contributed by atoms with Gasteiger partial charge in [0.25, 0.3) is 11.8 Å². The maximum absolute atomic E-state index is 13.0. The number of carbonyl (C=O) groups excluding carboxylic acids is 4. The van der Waals surface area contributed by atoms with Crippen LogP contribution in [-0.4, -0.2) is 68.5 Å². The molecule has 0 spiro atoms. The number of hydrogen-bond acceptors (Lipinski definition) is 12. The van der Waals surface area contributed by atoms with Crippen LogP contribution in [0.15, 0.2) is 34.5 Å². The Hall–Kier alpha value is -3.39. The van der Waals surface area contributed by atoms with E-state index in [9.17, 15) is 24.4 Å². The van der Waals surface area contributed by atoms with Gasteiger partial charge in [0.15, 0.2) is 10.8 Å². The number of ether oxygens (including phenoxy) is 2. The van der Waals surface area contributed by atoms with Crippen LogP contribution in [0.5, 0.6) is 0 Å². The van der Waals surface area contributed by atoms with Crippen LogP contribution in [0, 0.1) is 0 Å². The highest BCUT2D eigenvalue weighted by Gasteiger charge is 2.54. The Balaban J connectivity index is 1.34. The van der Waals surface area contributed by atoms with Gasteiger partial charge in [-0.3, -0.25) is 19.3 Å². The van der Waals surface area contributed by atoms with Gasteiger partial charge in [-0.15, -0.1) is 23.1 Å². The van der Waals surface area contributed by atoms with Gasteiger partial charge < -0.3 is 25.7 Å². The summed E-state index contributed by atoms with van der Waals surface area (Å²) >= 11 is 2.39. The number of carbonyl (C=O) groups is 4.